The van der Waals surface area contributed by atoms with Crippen LogP contribution in [0.2, 0.25) is 0 Å². The largest absolute Gasteiger partial charge is 0.323 e. The van der Waals surface area contributed by atoms with E-state index in [0.717, 1.165) is 11.1 Å². The van der Waals surface area contributed by atoms with Crippen molar-refractivity contribution in [2.75, 3.05) is 6.67 Å². The highest BCUT2D eigenvalue weighted by Crippen LogP contribution is 2.13. The third-order valence-electron chi connectivity index (χ3n) is 2.00. The molecule has 68 valence electrons. The van der Waals surface area contributed by atoms with Crippen molar-refractivity contribution in [1.29, 1.82) is 0 Å². The number of H-pyrrole nitrogens is 2. The zero-order chi connectivity index (χ0) is 9.26. The van der Waals surface area contributed by atoms with Crippen LogP contribution < -0.4 is 5.69 Å². The Balaban J connectivity index is 2.67. The Morgan fingerprint density at radius 2 is 2.15 bits per heavy atom. The number of halogens is 1. The Kier molecular flexibility index (Phi) is 1.88. The fourth-order valence-electron chi connectivity index (χ4n) is 1.43. The predicted molar refractivity (Wildman–Crippen MR) is 48.6 cm³/mol. The Bertz CT molecular complexity index is 472. The molecule has 13 heavy (non-hydrogen) atoms. The third-order valence-corrected chi connectivity index (χ3v) is 2.00. The molecule has 0 aliphatic heterocycles. The van der Waals surface area contributed by atoms with Crippen LogP contribution in [0.15, 0.2) is 23.0 Å². The maximum Gasteiger partial charge on any atom is 0.323 e. The Morgan fingerprint density at radius 1 is 1.31 bits per heavy atom. The van der Waals surface area contributed by atoms with Crippen molar-refractivity contribution >= 4 is 11.0 Å². The number of aryl methyl sites for hydroxylation is 1. The first-order valence-corrected chi connectivity index (χ1v) is 4.07. The summed E-state index contributed by atoms with van der Waals surface area (Å²) in [6.07, 6.45) is 0.338. The van der Waals surface area contributed by atoms with Crippen molar-refractivity contribution in [2.45, 2.75) is 6.42 Å². The molecule has 0 aliphatic carbocycles. The Labute approximate surface area is 73.6 Å². The van der Waals surface area contributed by atoms with Gasteiger partial charge in [-0.1, -0.05) is 12.1 Å². The molecule has 0 bridgehead atoms. The van der Waals surface area contributed by atoms with E-state index < -0.39 is 6.67 Å². The van der Waals surface area contributed by atoms with Crippen LogP contribution in [-0.2, 0) is 6.42 Å². The van der Waals surface area contributed by atoms with Crippen LogP contribution in [-0.4, -0.2) is 16.6 Å². The summed E-state index contributed by atoms with van der Waals surface area (Å²) in [5.41, 5.74) is 2.03. The van der Waals surface area contributed by atoms with Gasteiger partial charge in [0.15, 0.2) is 0 Å². The second-order valence-corrected chi connectivity index (χ2v) is 2.86. The number of aromatic amines is 2. The lowest BCUT2D eigenvalue weighted by molar-refractivity contribution is 0.496. The predicted octanol–water partition coefficient (Wildman–Crippen LogP) is 1.37. The van der Waals surface area contributed by atoms with Crippen LogP contribution in [0, 0.1) is 0 Å². The highest BCUT2D eigenvalue weighted by Gasteiger charge is 2.02. The molecule has 3 nitrogen and oxygen atoms in total. The molecule has 0 spiro atoms. The first-order valence-electron chi connectivity index (χ1n) is 4.07. The molecule has 1 aromatic carbocycles. The molecule has 0 saturated carbocycles. The van der Waals surface area contributed by atoms with Crippen molar-refractivity contribution in [3.63, 3.8) is 0 Å². The van der Waals surface area contributed by atoms with Crippen LogP contribution in [0.3, 0.4) is 0 Å². The summed E-state index contributed by atoms with van der Waals surface area (Å²) >= 11 is 0. The van der Waals surface area contributed by atoms with E-state index in [1.807, 2.05) is 6.07 Å². The van der Waals surface area contributed by atoms with Crippen molar-refractivity contribution in [3.05, 3.63) is 34.2 Å². The number of imidazole rings is 1. The smallest absolute Gasteiger partial charge is 0.306 e. The molecular weight excluding hydrogens is 171 g/mol. The highest BCUT2D eigenvalue weighted by molar-refractivity contribution is 5.78. The highest BCUT2D eigenvalue weighted by atomic mass is 19.1. The van der Waals surface area contributed by atoms with Crippen LogP contribution in [0.5, 0.6) is 0 Å². The zero-order valence-electron chi connectivity index (χ0n) is 6.93. The van der Waals surface area contributed by atoms with E-state index in [4.69, 9.17) is 0 Å². The summed E-state index contributed by atoms with van der Waals surface area (Å²) in [6.45, 7) is -0.410. The van der Waals surface area contributed by atoms with Crippen LogP contribution >= 0.6 is 0 Å². The first kappa shape index (κ1) is 8.04. The maximum absolute atomic E-state index is 12.1. The summed E-state index contributed by atoms with van der Waals surface area (Å²) in [5.74, 6) is 0. The molecule has 0 fully saturated rings. The Hall–Kier alpha value is -1.58. The van der Waals surface area contributed by atoms with Gasteiger partial charge >= 0.3 is 5.69 Å². The standard InChI is InChI=1S/C9H9FN2O/c10-5-4-6-2-1-3-7-8(6)12-9(13)11-7/h1-3H,4-5H2,(H2,11,12,13). The number of fused-ring (bicyclic) bond motifs is 1. The van der Waals surface area contributed by atoms with Gasteiger partial charge in [0, 0.05) is 6.42 Å². The van der Waals surface area contributed by atoms with Crippen molar-refractivity contribution < 1.29 is 4.39 Å². The van der Waals surface area contributed by atoms with Gasteiger partial charge in [0.05, 0.1) is 17.7 Å². The van der Waals surface area contributed by atoms with Crippen molar-refractivity contribution in [3.8, 4) is 0 Å². The summed E-state index contributed by atoms with van der Waals surface area (Å²) in [4.78, 5) is 16.2. The van der Waals surface area contributed by atoms with Gasteiger partial charge < -0.3 is 9.97 Å². The van der Waals surface area contributed by atoms with E-state index in [0.29, 0.717) is 11.9 Å². The zero-order valence-corrected chi connectivity index (χ0v) is 6.93. The molecular formula is C9H9FN2O. The molecule has 2 aromatic rings. The lowest BCUT2D eigenvalue weighted by Crippen LogP contribution is -1.99. The summed E-state index contributed by atoms with van der Waals surface area (Å²) in [7, 11) is 0. The molecule has 0 aliphatic rings. The van der Waals surface area contributed by atoms with E-state index in [9.17, 15) is 9.18 Å². The second kappa shape index (κ2) is 3.05. The summed E-state index contributed by atoms with van der Waals surface area (Å²) < 4.78 is 12.1. The minimum Gasteiger partial charge on any atom is -0.306 e. The third kappa shape index (κ3) is 1.35. The lowest BCUT2D eigenvalue weighted by Gasteiger charge is -1.97. The number of nitrogens with one attached hydrogen (secondary N) is 2. The molecule has 1 aromatic heterocycles. The van der Waals surface area contributed by atoms with Gasteiger partial charge in [0.2, 0.25) is 0 Å². The molecule has 1 heterocycles. The minimum atomic E-state index is -0.410. The van der Waals surface area contributed by atoms with E-state index >= 15 is 0 Å². The van der Waals surface area contributed by atoms with Gasteiger partial charge in [0.1, 0.15) is 0 Å². The fraction of sp³-hybridized carbons (Fsp3) is 0.222. The first-order chi connectivity index (χ1) is 6.31. The number of para-hydroxylation sites is 1. The number of alkyl halides is 1. The van der Waals surface area contributed by atoms with Crippen molar-refractivity contribution in [2.24, 2.45) is 0 Å². The molecule has 2 rings (SSSR count). The van der Waals surface area contributed by atoms with Gasteiger partial charge in [-0.05, 0) is 11.6 Å². The van der Waals surface area contributed by atoms with Gasteiger partial charge in [-0.15, -0.1) is 0 Å². The lowest BCUT2D eigenvalue weighted by atomic mass is 10.1. The van der Waals surface area contributed by atoms with E-state index in [1.54, 1.807) is 12.1 Å². The van der Waals surface area contributed by atoms with E-state index in [2.05, 4.69) is 9.97 Å². The average molecular weight is 180 g/mol. The molecule has 0 unspecified atom stereocenters. The topological polar surface area (TPSA) is 48.6 Å². The van der Waals surface area contributed by atoms with Crippen LogP contribution in [0.4, 0.5) is 4.39 Å². The summed E-state index contributed by atoms with van der Waals surface area (Å²) in [6, 6.07) is 5.40. The van der Waals surface area contributed by atoms with Crippen LogP contribution in [0.25, 0.3) is 11.0 Å². The second-order valence-electron chi connectivity index (χ2n) is 2.86. The average Bonchev–Trinajstić information content (AvgIpc) is 2.47. The molecule has 0 saturated heterocycles. The minimum absolute atomic E-state index is 0.249. The SMILES string of the molecule is O=c1[nH]c2cccc(CCF)c2[nH]1. The molecule has 0 atom stereocenters. The molecule has 0 radical (unpaired) electrons. The van der Waals surface area contributed by atoms with E-state index in [-0.39, 0.29) is 5.69 Å². The number of hydrogen-bond donors (Lipinski definition) is 2. The Morgan fingerprint density at radius 3 is 2.92 bits per heavy atom. The molecule has 0 amide bonds. The maximum atomic E-state index is 12.1. The fourth-order valence-corrected chi connectivity index (χ4v) is 1.43. The molecule has 4 heteroatoms. The number of aromatic nitrogens is 2. The van der Waals surface area contributed by atoms with Crippen LogP contribution in [0.1, 0.15) is 5.56 Å². The number of benzene rings is 1. The number of rotatable bonds is 2. The van der Waals surface area contributed by atoms with Gasteiger partial charge in [0.25, 0.3) is 0 Å². The van der Waals surface area contributed by atoms with Gasteiger partial charge in [-0.25, -0.2) is 4.79 Å². The van der Waals surface area contributed by atoms with Crippen molar-refractivity contribution in [1.82, 2.24) is 9.97 Å². The summed E-state index contributed by atoms with van der Waals surface area (Å²) in [5, 5.41) is 0. The van der Waals surface area contributed by atoms with Gasteiger partial charge in [-0.3, -0.25) is 4.39 Å². The van der Waals surface area contributed by atoms with Gasteiger partial charge in [-0.2, -0.15) is 0 Å². The normalized spacial score (nSPS) is 10.8. The quantitative estimate of drug-likeness (QED) is 0.720. The van der Waals surface area contributed by atoms with E-state index in [1.165, 1.54) is 0 Å². The molecule has 2 N–H and O–H groups in total. The monoisotopic (exact) mass is 180 g/mol. The number of hydrogen-bond acceptors (Lipinski definition) is 1.